The highest BCUT2D eigenvalue weighted by Gasteiger charge is 2.07. The Labute approximate surface area is 140 Å². The molecule has 0 bridgehead atoms. The molecule has 0 radical (unpaired) electrons. The maximum atomic E-state index is 13.4. The van der Waals surface area contributed by atoms with Crippen LogP contribution in [-0.2, 0) is 11.3 Å². The Bertz CT molecular complexity index is 719. The van der Waals surface area contributed by atoms with E-state index in [1.807, 2.05) is 12.1 Å². The molecule has 1 amide bonds. The summed E-state index contributed by atoms with van der Waals surface area (Å²) in [7, 11) is 3.13. The first-order valence-electron chi connectivity index (χ1n) is 7.51. The maximum absolute atomic E-state index is 13.4. The summed E-state index contributed by atoms with van der Waals surface area (Å²) in [5.74, 6) is 0.754. The number of methoxy groups -OCH3 is 2. The number of amides is 1. The minimum absolute atomic E-state index is 0.0653. The van der Waals surface area contributed by atoms with Gasteiger partial charge in [-0.15, -0.1) is 0 Å². The van der Waals surface area contributed by atoms with Gasteiger partial charge in [0.2, 0.25) is 5.91 Å². The van der Waals surface area contributed by atoms with E-state index in [0.29, 0.717) is 29.3 Å². The van der Waals surface area contributed by atoms with E-state index in [-0.39, 0.29) is 18.3 Å². The van der Waals surface area contributed by atoms with Crippen LogP contribution in [0.25, 0.3) is 0 Å². The number of carbonyl (C=O) groups is 1. The molecule has 24 heavy (non-hydrogen) atoms. The number of ether oxygens (including phenoxy) is 2. The van der Waals surface area contributed by atoms with E-state index in [4.69, 9.17) is 9.47 Å². The number of carbonyl (C=O) groups excluding carboxylic acids is 1. The second kappa shape index (κ2) is 8.19. The third kappa shape index (κ3) is 4.62. The van der Waals surface area contributed by atoms with Gasteiger partial charge in [-0.05, 0) is 42.3 Å². The van der Waals surface area contributed by atoms with Crippen molar-refractivity contribution in [3.05, 3.63) is 53.3 Å². The fourth-order valence-corrected chi connectivity index (χ4v) is 2.14. The molecule has 0 saturated carbocycles. The second-order valence-corrected chi connectivity index (χ2v) is 5.28. The second-order valence-electron chi connectivity index (χ2n) is 5.28. The normalized spacial score (nSPS) is 10.2. The van der Waals surface area contributed by atoms with Crippen LogP contribution in [0.1, 0.15) is 11.1 Å². The molecular formula is C18H21FN2O3. The van der Waals surface area contributed by atoms with Gasteiger partial charge >= 0.3 is 0 Å². The number of rotatable bonds is 7. The lowest BCUT2D eigenvalue weighted by molar-refractivity contribution is -0.119. The van der Waals surface area contributed by atoms with E-state index in [9.17, 15) is 9.18 Å². The quantitative estimate of drug-likeness (QED) is 0.818. The first-order valence-corrected chi connectivity index (χ1v) is 7.51. The Hall–Kier alpha value is -2.76. The van der Waals surface area contributed by atoms with Gasteiger partial charge in [0.05, 0.1) is 20.8 Å². The lowest BCUT2D eigenvalue weighted by Gasteiger charge is -2.11. The number of aryl methyl sites for hydroxylation is 1. The highest BCUT2D eigenvalue weighted by atomic mass is 19.1. The van der Waals surface area contributed by atoms with Gasteiger partial charge in [-0.3, -0.25) is 4.79 Å². The summed E-state index contributed by atoms with van der Waals surface area (Å²) < 4.78 is 23.8. The standard InChI is InChI=1S/C18H21FN2O3/c1-12-4-6-14(9-15(12)19)20-11-18(22)21-10-13-5-7-16(23-2)17(8-13)24-3/h4-9,20H,10-11H2,1-3H3,(H,21,22). The molecule has 0 atom stereocenters. The minimum Gasteiger partial charge on any atom is -0.493 e. The fourth-order valence-electron chi connectivity index (χ4n) is 2.14. The molecule has 2 rings (SSSR count). The molecule has 0 heterocycles. The van der Waals surface area contributed by atoms with Crippen LogP contribution in [0, 0.1) is 12.7 Å². The summed E-state index contributed by atoms with van der Waals surface area (Å²) in [5, 5.41) is 5.69. The van der Waals surface area contributed by atoms with Gasteiger partial charge in [0.1, 0.15) is 5.82 Å². The summed E-state index contributed by atoms with van der Waals surface area (Å²) in [6.07, 6.45) is 0. The summed E-state index contributed by atoms with van der Waals surface area (Å²) in [5.41, 5.74) is 2.03. The zero-order valence-corrected chi connectivity index (χ0v) is 14.0. The highest BCUT2D eigenvalue weighted by Crippen LogP contribution is 2.27. The van der Waals surface area contributed by atoms with Gasteiger partial charge in [0.15, 0.2) is 11.5 Å². The maximum Gasteiger partial charge on any atom is 0.239 e. The van der Waals surface area contributed by atoms with Crippen molar-refractivity contribution in [2.75, 3.05) is 26.1 Å². The SMILES string of the molecule is COc1ccc(CNC(=O)CNc2ccc(C)c(F)c2)cc1OC. The van der Waals surface area contributed by atoms with Crippen molar-refractivity contribution in [1.29, 1.82) is 0 Å². The molecule has 0 aromatic heterocycles. The zero-order chi connectivity index (χ0) is 17.5. The van der Waals surface area contributed by atoms with Crippen LogP contribution in [-0.4, -0.2) is 26.7 Å². The smallest absolute Gasteiger partial charge is 0.239 e. The molecule has 6 heteroatoms. The lowest BCUT2D eigenvalue weighted by atomic mass is 10.2. The van der Waals surface area contributed by atoms with Crippen LogP contribution < -0.4 is 20.1 Å². The lowest BCUT2D eigenvalue weighted by Crippen LogP contribution is -2.29. The van der Waals surface area contributed by atoms with Crippen molar-refractivity contribution >= 4 is 11.6 Å². The number of halogens is 1. The Morgan fingerprint density at radius 3 is 2.50 bits per heavy atom. The molecule has 0 aliphatic carbocycles. The van der Waals surface area contributed by atoms with Crippen molar-refractivity contribution in [3.8, 4) is 11.5 Å². The van der Waals surface area contributed by atoms with Gasteiger partial charge in [0, 0.05) is 12.2 Å². The molecule has 0 fully saturated rings. The molecule has 0 unspecified atom stereocenters. The van der Waals surface area contributed by atoms with Crippen LogP contribution in [0.5, 0.6) is 11.5 Å². The molecular weight excluding hydrogens is 311 g/mol. The predicted molar refractivity (Wildman–Crippen MR) is 91.0 cm³/mol. The molecule has 0 aliphatic heterocycles. The molecule has 2 aromatic rings. The van der Waals surface area contributed by atoms with Gasteiger partial charge < -0.3 is 20.1 Å². The van der Waals surface area contributed by atoms with E-state index >= 15 is 0 Å². The third-order valence-electron chi connectivity index (χ3n) is 3.56. The van der Waals surface area contributed by atoms with Crippen LogP contribution >= 0.6 is 0 Å². The minimum atomic E-state index is -0.300. The number of anilines is 1. The van der Waals surface area contributed by atoms with Gasteiger partial charge in [0.25, 0.3) is 0 Å². The average Bonchev–Trinajstić information content (AvgIpc) is 2.60. The van der Waals surface area contributed by atoms with E-state index in [1.54, 1.807) is 39.3 Å². The zero-order valence-electron chi connectivity index (χ0n) is 14.0. The van der Waals surface area contributed by atoms with E-state index < -0.39 is 0 Å². The van der Waals surface area contributed by atoms with Crippen LogP contribution in [0.15, 0.2) is 36.4 Å². The topological polar surface area (TPSA) is 59.6 Å². The van der Waals surface area contributed by atoms with E-state index in [2.05, 4.69) is 10.6 Å². The number of hydrogen-bond acceptors (Lipinski definition) is 4. The summed E-state index contributed by atoms with van der Waals surface area (Å²) >= 11 is 0. The first-order chi connectivity index (χ1) is 11.5. The summed E-state index contributed by atoms with van der Waals surface area (Å²) in [6, 6.07) is 10.2. The molecule has 0 aliphatic rings. The Morgan fingerprint density at radius 1 is 1.08 bits per heavy atom. The molecule has 2 N–H and O–H groups in total. The van der Waals surface area contributed by atoms with Crippen molar-refractivity contribution in [1.82, 2.24) is 5.32 Å². The number of nitrogens with one attached hydrogen (secondary N) is 2. The monoisotopic (exact) mass is 332 g/mol. The van der Waals surface area contributed by atoms with Crippen LogP contribution in [0.4, 0.5) is 10.1 Å². The Morgan fingerprint density at radius 2 is 1.83 bits per heavy atom. The third-order valence-corrected chi connectivity index (χ3v) is 3.56. The summed E-state index contributed by atoms with van der Waals surface area (Å²) in [4.78, 5) is 11.9. The first kappa shape index (κ1) is 17.6. The Balaban J connectivity index is 1.85. The van der Waals surface area contributed by atoms with Crippen LogP contribution in [0.3, 0.4) is 0 Å². The molecule has 5 nitrogen and oxygen atoms in total. The van der Waals surface area contributed by atoms with Gasteiger partial charge in [-0.25, -0.2) is 4.39 Å². The van der Waals surface area contributed by atoms with Gasteiger partial charge in [-0.1, -0.05) is 12.1 Å². The van der Waals surface area contributed by atoms with E-state index in [0.717, 1.165) is 5.56 Å². The summed E-state index contributed by atoms with van der Waals surface area (Å²) in [6.45, 7) is 2.12. The molecule has 0 spiro atoms. The van der Waals surface area contributed by atoms with Gasteiger partial charge in [-0.2, -0.15) is 0 Å². The largest absolute Gasteiger partial charge is 0.493 e. The highest BCUT2D eigenvalue weighted by molar-refractivity contribution is 5.80. The van der Waals surface area contributed by atoms with Crippen molar-refractivity contribution in [2.45, 2.75) is 13.5 Å². The van der Waals surface area contributed by atoms with Crippen LogP contribution in [0.2, 0.25) is 0 Å². The van der Waals surface area contributed by atoms with Crippen molar-refractivity contribution < 1.29 is 18.7 Å². The molecule has 0 saturated heterocycles. The number of benzene rings is 2. The Kier molecular flexibility index (Phi) is 6.01. The van der Waals surface area contributed by atoms with E-state index in [1.165, 1.54) is 6.07 Å². The average molecular weight is 332 g/mol. The number of hydrogen-bond donors (Lipinski definition) is 2. The molecule has 2 aromatic carbocycles. The van der Waals surface area contributed by atoms with Crippen molar-refractivity contribution in [3.63, 3.8) is 0 Å². The fraction of sp³-hybridized carbons (Fsp3) is 0.278. The van der Waals surface area contributed by atoms with Crippen molar-refractivity contribution in [2.24, 2.45) is 0 Å². The predicted octanol–water partition coefficient (Wildman–Crippen LogP) is 2.88. The molecule has 128 valence electrons.